The van der Waals surface area contributed by atoms with Gasteiger partial charge in [0, 0.05) is 12.7 Å². The van der Waals surface area contributed by atoms with Crippen molar-refractivity contribution >= 4 is 17.9 Å². The van der Waals surface area contributed by atoms with Crippen LogP contribution in [0, 0.1) is 5.92 Å². The maximum absolute atomic E-state index is 13.4. The third-order valence-corrected chi connectivity index (χ3v) is 6.17. The number of cyclic esters (lactones) is 1. The zero-order valence-electron chi connectivity index (χ0n) is 19.1. The minimum Gasteiger partial charge on any atom is -0.447 e. The van der Waals surface area contributed by atoms with Crippen LogP contribution in [0.1, 0.15) is 37.9 Å². The lowest BCUT2D eigenvalue weighted by Crippen LogP contribution is -2.38. The van der Waals surface area contributed by atoms with Crippen molar-refractivity contribution < 1.29 is 27.1 Å². The Balaban J connectivity index is 1.40. The number of aromatic nitrogens is 2. The van der Waals surface area contributed by atoms with Crippen molar-refractivity contribution in [2.24, 2.45) is 5.92 Å². The summed E-state index contributed by atoms with van der Waals surface area (Å²) < 4.78 is 58.9. The van der Waals surface area contributed by atoms with Gasteiger partial charge in [0.25, 0.3) is 0 Å². The summed E-state index contributed by atoms with van der Waals surface area (Å²) in [5.41, 5.74) is 1.53. The van der Waals surface area contributed by atoms with Gasteiger partial charge in [-0.2, -0.15) is 22.5 Å². The fraction of sp³-hybridized carbons (Fsp3) is 0.522. The van der Waals surface area contributed by atoms with Gasteiger partial charge in [-0.05, 0) is 30.0 Å². The van der Waals surface area contributed by atoms with E-state index in [1.54, 1.807) is 36.5 Å². The van der Waals surface area contributed by atoms with E-state index in [-0.39, 0.29) is 24.5 Å². The average molecular weight is 481 g/mol. The van der Waals surface area contributed by atoms with Crippen LogP contribution >= 0.6 is 0 Å². The lowest BCUT2D eigenvalue weighted by Gasteiger charge is -2.24. The van der Waals surface area contributed by atoms with E-state index >= 15 is 0 Å². The largest absolute Gasteiger partial charge is 0.447 e. The topological polar surface area (TPSA) is 70.6 Å². The van der Waals surface area contributed by atoms with E-state index in [0.29, 0.717) is 23.9 Å². The van der Waals surface area contributed by atoms with E-state index in [0.717, 1.165) is 10.5 Å². The lowest BCUT2D eigenvalue weighted by atomic mass is 10.0. The molecule has 0 radical (unpaired) electrons. The van der Waals surface area contributed by atoms with Crippen LogP contribution in [0.5, 0.6) is 0 Å². The molecule has 2 aliphatic heterocycles. The lowest BCUT2D eigenvalue weighted by molar-refractivity contribution is -0.172. The number of carbonyl (C=O) groups is 1. The Morgan fingerprint density at radius 1 is 1.09 bits per heavy atom. The Kier molecular flexibility index (Phi) is 6.41. The number of halogens is 4. The highest BCUT2D eigenvalue weighted by Crippen LogP contribution is 2.41. The molecule has 7 nitrogen and oxygen atoms in total. The van der Waals surface area contributed by atoms with E-state index in [1.165, 1.54) is 4.90 Å². The highest BCUT2D eigenvalue weighted by Gasteiger charge is 2.62. The number of carbonyl (C=O) groups excluding carboxylic acids is 1. The number of alkyl halides is 4. The molecule has 0 aliphatic carbocycles. The van der Waals surface area contributed by atoms with Crippen molar-refractivity contribution in [2.75, 3.05) is 29.9 Å². The summed E-state index contributed by atoms with van der Waals surface area (Å²) in [6.45, 7) is 4.30. The number of rotatable bonds is 7. The number of likely N-dealkylation sites (tertiary alicyclic amines) is 1. The number of amides is 1. The molecule has 1 unspecified atom stereocenters. The SMILES string of the molecule is CC(C)C1COC(=O)N1c1ccnc(N[C@@H](C)c2ccc(CN3CC(F)(F)C(F)(F)C3)cc2)n1. The standard InChI is InChI=1S/C23H27F4N5O2/c1-14(2)18-11-34-21(33)32(18)19-8-9-28-20(30-19)29-15(3)17-6-4-16(5-7-17)10-31-12-22(24,25)23(26,27)13-31/h4-9,14-15,18H,10-13H2,1-3H3,(H,28,29,30)/t15-,18?/m0/s1. The van der Waals surface area contributed by atoms with Gasteiger partial charge < -0.3 is 10.1 Å². The van der Waals surface area contributed by atoms with Gasteiger partial charge >= 0.3 is 17.9 Å². The molecule has 2 fully saturated rings. The van der Waals surface area contributed by atoms with Crippen molar-refractivity contribution in [3.63, 3.8) is 0 Å². The smallest absolute Gasteiger partial charge is 0.415 e. The number of nitrogens with one attached hydrogen (secondary N) is 1. The van der Waals surface area contributed by atoms with Crippen LogP contribution in [0.2, 0.25) is 0 Å². The highest BCUT2D eigenvalue weighted by molar-refractivity contribution is 5.89. The monoisotopic (exact) mass is 481 g/mol. The number of nitrogens with zero attached hydrogens (tertiary/aromatic N) is 4. The third kappa shape index (κ3) is 4.79. The molecule has 1 N–H and O–H groups in total. The second kappa shape index (κ2) is 9.01. The van der Waals surface area contributed by atoms with Crippen LogP contribution in [0.3, 0.4) is 0 Å². The van der Waals surface area contributed by atoms with Gasteiger partial charge in [0.15, 0.2) is 0 Å². The first kappa shape index (κ1) is 24.2. The van der Waals surface area contributed by atoms with Crippen LogP contribution < -0.4 is 10.2 Å². The molecule has 3 heterocycles. The molecule has 1 aromatic carbocycles. The summed E-state index contributed by atoms with van der Waals surface area (Å²) in [5.74, 6) is -7.06. The first-order chi connectivity index (χ1) is 16.0. The van der Waals surface area contributed by atoms with Gasteiger partial charge in [0.1, 0.15) is 12.4 Å². The van der Waals surface area contributed by atoms with Crippen molar-refractivity contribution in [1.82, 2.24) is 14.9 Å². The molecule has 4 rings (SSSR count). The number of ether oxygens (including phenoxy) is 1. The quantitative estimate of drug-likeness (QED) is 0.578. The molecule has 0 spiro atoms. The van der Waals surface area contributed by atoms with Crippen molar-refractivity contribution in [3.05, 3.63) is 47.7 Å². The average Bonchev–Trinajstić information content (AvgIpc) is 3.24. The highest BCUT2D eigenvalue weighted by atomic mass is 19.3. The predicted molar refractivity (Wildman–Crippen MR) is 118 cm³/mol. The molecule has 1 aromatic heterocycles. The van der Waals surface area contributed by atoms with Crippen LogP contribution in [-0.2, 0) is 11.3 Å². The summed E-state index contributed by atoms with van der Waals surface area (Å²) in [5, 5.41) is 3.19. The van der Waals surface area contributed by atoms with Crippen LogP contribution in [0.15, 0.2) is 36.5 Å². The zero-order valence-corrected chi connectivity index (χ0v) is 19.1. The van der Waals surface area contributed by atoms with E-state index in [9.17, 15) is 22.4 Å². The van der Waals surface area contributed by atoms with Gasteiger partial charge in [-0.1, -0.05) is 38.1 Å². The first-order valence-corrected chi connectivity index (χ1v) is 11.1. The summed E-state index contributed by atoms with van der Waals surface area (Å²) in [7, 11) is 0. The Bertz CT molecular complexity index is 1020. The summed E-state index contributed by atoms with van der Waals surface area (Å²) in [4.78, 5) is 23.5. The summed E-state index contributed by atoms with van der Waals surface area (Å²) in [6.07, 6.45) is 1.12. The Morgan fingerprint density at radius 3 is 2.35 bits per heavy atom. The van der Waals surface area contributed by atoms with E-state index < -0.39 is 31.0 Å². The molecule has 2 atom stereocenters. The maximum atomic E-state index is 13.4. The van der Waals surface area contributed by atoms with E-state index in [4.69, 9.17) is 4.74 Å². The van der Waals surface area contributed by atoms with Crippen LogP contribution in [0.4, 0.5) is 34.1 Å². The maximum Gasteiger partial charge on any atom is 0.415 e. The summed E-state index contributed by atoms with van der Waals surface area (Å²) in [6, 6.07) is 8.38. The van der Waals surface area contributed by atoms with Gasteiger partial charge in [-0.3, -0.25) is 9.80 Å². The predicted octanol–water partition coefficient (Wildman–Crippen LogP) is 4.72. The molecule has 0 bridgehead atoms. The minimum absolute atomic E-state index is 0.0153. The zero-order chi connectivity index (χ0) is 24.7. The second-order valence-electron chi connectivity index (χ2n) is 9.16. The Hall–Kier alpha value is -2.95. The van der Waals surface area contributed by atoms with E-state index in [1.807, 2.05) is 20.8 Å². The molecule has 0 saturated carbocycles. The van der Waals surface area contributed by atoms with Gasteiger partial charge in [-0.15, -0.1) is 0 Å². The molecule has 2 aromatic rings. The fourth-order valence-corrected chi connectivity index (χ4v) is 4.15. The molecule has 34 heavy (non-hydrogen) atoms. The molecule has 2 saturated heterocycles. The molecule has 2 aliphatic rings. The second-order valence-corrected chi connectivity index (χ2v) is 9.16. The minimum atomic E-state index is -4.01. The number of benzene rings is 1. The Morgan fingerprint density at radius 2 is 1.74 bits per heavy atom. The van der Waals surface area contributed by atoms with Gasteiger partial charge in [-0.25, -0.2) is 9.78 Å². The fourth-order valence-electron chi connectivity index (χ4n) is 4.15. The number of anilines is 2. The van der Waals surface area contributed by atoms with Crippen molar-refractivity contribution in [2.45, 2.75) is 51.2 Å². The summed E-state index contributed by atoms with van der Waals surface area (Å²) >= 11 is 0. The Labute approximate surface area is 195 Å². The van der Waals surface area contributed by atoms with Crippen molar-refractivity contribution in [1.29, 1.82) is 0 Å². The first-order valence-electron chi connectivity index (χ1n) is 11.1. The molecule has 184 valence electrons. The third-order valence-electron chi connectivity index (χ3n) is 6.17. The molecular weight excluding hydrogens is 454 g/mol. The normalized spacial score (nSPS) is 22.8. The molecule has 11 heteroatoms. The number of hydrogen-bond donors (Lipinski definition) is 1. The van der Waals surface area contributed by atoms with E-state index in [2.05, 4.69) is 15.3 Å². The van der Waals surface area contributed by atoms with Crippen molar-refractivity contribution in [3.8, 4) is 0 Å². The van der Waals surface area contributed by atoms with Gasteiger partial charge in [0.05, 0.1) is 25.2 Å². The van der Waals surface area contributed by atoms with Crippen LogP contribution in [-0.4, -0.2) is 58.5 Å². The number of hydrogen-bond acceptors (Lipinski definition) is 6. The van der Waals surface area contributed by atoms with Crippen LogP contribution in [0.25, 0.3) is 0 Å². The molecule has 1 amide bonds. The van der Waals surface area contributed by atoms with Gasteiger partial charge in [0.2, 0.25) is 5.95 Å². The molecular formula is C23H27F4N5O2.